The van der Waals surface area contributed by atoms with Crippen molar-refractivity contribution in [3.63, 3.8) is 0 Å². The van der Waals surface area contributed by atoms with E-state index < -0.39 is 5.60 Å². The minimum Gasteiger partial charge on any atom is -0.481 e. The molecule has 1 nitrogen and oxygen atoms in total. The first kappa shape index (κ1) is 23.7. The summed E-state index contributed by atoms with van der Waals surface area (Å²) in [5, 5.41) is 0. The lowest BCUT2D eigenvalue weighted by molar-refractivity contribution is 0.160. The molecule has 0 aromatic heterocycles. The Morgan fingerprint density at radius 2 is 1.56 bits per heavy atom. The van der Waals surface area contributed by atoms with Gasteiger partial charge in [0.05, 0.1) is 4.86 Å². The Hall–Kier alpha value is -1.32. The zero-order valence-electron chi connectivity index (χ0n) is 16.8. The van der Waals surface area contributed by atoms with E-state index in [9.17, 15) is 0 Å². The fourth-order valence-electron chi connectivity index (χ4n) is 2.34. The van der Waals surface area contributed by atoms with Gasteiger partial charge < -0.3 is 4.74 Å². The number of hydrogen-bond donors (Lipinski definition) is 1. The first-order valence-corrected chi connectivity index (χ1v) is 9.83. The number of hydrogen-bond acceptors (Lipinski definition) is 3. The number of rotatable bonds is 3. The van der Waals surface area contributed by atoms with Crippen molar-refractivity contribution in [1.82, 2.24) is 0 Å². The fraction of sp³-hybridized carbons (Fsp3) is 0.409. The second-order valence-electron chi connectivity index (χ2n) is 5.44. The van der Waals surface area contributed by atoms with E-state index in [0.29, 0.717) is 0 Å². The quantitative estimate of drug-likeness (QED) is 0.333. The Balaban J connectivity index is 0.00000134. The van der Waals surface area contributed by atoms with Crippen LogP contribution in [0.1, 0.15) is 61.0 Å². The zero-order chi connectivity index (χ0) is 19.6. The van der Waals surface area contributed by atoms with Crippen LogP contribution >= 0.6 is 24.8 Å². The molecule has 1 heterocycles. The molecule has 3 heteroatoms. The predicted octanol–water partition coefficient (Wildman–Crippen LogP) is 7.44. The minimum absolute atomic E-state index is 0.463. The van der Waals surface area contributed by atoms with E-state index in [1.165, 1.54) is 0 Å². The van der Waals surface area contributed by atoms with Gasteiger partial charge in [0.25, 0.3) is 0 Å². The van der Waals surface area contributed by atoms with E-state index >= 15 is 0 Å². The molecule has 0 aliphatic carbocycles. The maximum absolute atomic E-state index is 6.17. The van der Waals surface area contributed by atoms with E-state index in [1.54, 1.807) is 0 Å². The molecule has 1 aliphatic rings. The number of thiol groups is 1. The molecule has 0 saturated carbocycles. The Labute approximate surface area is 165 Å². The van der Waals surface area contributed by atoms with Gasteiger partial charge in [0.15, 0.2) is 0 Å². The molecule has 1 aromatic carbocycles. The van der Waals surface area contributed by atoms with Crippen LogP contribution in [0.2, 0.25) is 0 Å². The van der Waals surface area contributed by atoms with Crippen LogP contribution in [-0.2, 0) is 4.74 Å². The summed E-state index contributed by atoms with van der Waals surface area (Å²) in [5.41, 5.74) is 2.68. The molecule has 0 atom stereocenters. The first-order valence-electron chi connectivity index (χ1n) is 8.97. The Morgan fingerprint density at radius 1 is 1.04 bits per heavy atom. The highest BCUT2D eigenvalue weighted by molar-refractivity contribution is 7.81. The van der Waals surface area contributed by atoms with Crippen LogP contribution in [0.3, 0.4) is 0 Å². The summed E-state index contributed by atoms with van der Waals surface area (Å²) >= 11 is 10.00. The fourth-order valence-corrected chi connectivity index (χ4v) is 2.74. The highest BCUT2D eigenvalue weighted by Gasteiger charge is 2.39. The highest BCUT2D eigenvalue weighted by Crippen LogP contribution is 2.40. The summed E-state index contributed by atoms with van der Waals surface area (Å²) in [7, 11) is 0. The lowest BCUT2D eigenvalue weighted by Gasteiger charge is -2.20. The van der Waals surface area contributed by atoms with Crippen molar-refractivity contribution in [1.29, 1.82) is 0 Å². The van der Waals surface area contributed by atoms with E-state index in [4.69, 9.17) is 17.0 Å². The van der Waals surface area contributed by atoms with Crippen LogP contribution in [0.15, 0.2) is 58.5 Å². The van der Waals surface area contributed by atoms with Gasteiger partial charge in [0.1, 0.15) is 11.4 Å². The molecule has 0 fully saturated rings. The van der Waals surface area contributed by atoms with Crippen LogP contribution in [-0.4, -0.2) is 10.5 Å². The monoisotopic (exact) mass is 376 g/mol. The van der Waals surface area contributed by atoms with E-state index in [2.05, 4.69) is 24.8 Å². The first-order chi connectivity index (χ1) is 11.9. The third-order valence-electron chi connectivity index (χ3n) is 3.43. The molecular weight excluding hydrogens is 344 g/mol. The van der Waals surface area contributed by atoms with Gasteiger partial charge in [0.2, 0.25) is 0 Å². The molecule has 1 aromatic rings. The van der Waals surface area contributed by atoms with Crippen LogP contribution < -0.4 is 0 Å². The molecule has 0 amide bonds. The molecule has 2 rings (SSSR count). The van der Waals surface area contributed by atoms with Crippen molar-refractivity contribution >= 4 is 35.5 Å². The molecule has 0 saturated heterocycles. The SMILES string of the molecule is C/C=C\C(=C/C)C1=C(c2ccc(S)cc2)OC(C)(C)C1=S.CC.CC. The van der Waals surface area contributed by atoms with Gasteiger partial charge in [-0.15, -0.1) is 12.6 Å². The summed E-state index contributed by atoms with van der Waals surface area (Å²) in [6.07, 6.45) is 6.16. The van der Waals surface area contributed by atoms with E-state index in [-0.39, 0.29) is 0 Å². The van der Waals surface area contributed by atoms with Crippen molar-refractivity contribution in [2.24, 2.45) is 0 Å². The van der Waals surface area contributed by atoms with Crippen LogP contribution in [0.4, 0.5) is 0 Å². The van der Waals surface area contributed by atoms with Crippen molar-refractivity contribution in [2.75, 3.05) is 0 Å². The number of benzene rings is 1. The second kappa shape index (κ2) is 11.3. The predicted molar refractivity (Wildman–Crippen MR) is 120 cm³/mol. The van der Waals surface area contributed by atoms with Crippen molar-refractivity contribution in [2.45, 2.75) is 65.9 Å². The van der Waals surface area contributed by atoms with Gasteiger partial charge in [0, 0.05) is 16.0 Å². The number of thiocarbonyl (C=S) groups is 1. The Kier molecular flexibility index (Phi) is 10.7. The summed E-state index contributed by atoms with van der Waals surface area (Å²) in [6.45, 7) is 16.0. The van der Waals surface area contributed by atoms with E-state index in [0.717, 1.165) is 32.2 Å². The summed E-state index contributed by atoms with van der Waals surface area (Å²) in [6, 6.07) is 7.97. The average Bonchev–Trinajstić information content (AvgIpc) is 2.87. The summed E-state index contributed by atoms with van der Waals surface area (Å²) < 4.78 is 6.17. The third-order valence-corrected chi connectivity index (χ3v) is 4.43. The zero-order valence-corrected chi connectivity index (χ0v) is 18.5. The van der Waals surface area contributed by atoms with Crippen LogP contribution in [0, 0.1) is 0 Å². The Bertz CT molecular complexity index is 647. The maximum Gasteiger partial charge on any atom is 0.139 e. The van der Waals surface area contributed by atoms with Gasteiger partial charge in [-0.05, 0) is 45.4 Å². The molecule has 0 N–H and O–H groups in total. The lowest BCUT2D eigenvalue weighted by atomic mass is 9.93. The maximum atomic E-state index is 6.17. The highest BCUT2D eigenvalue weighted by atomic mass is 32.1. The molecule has 138 valence electrons. The minimum atomic E-state index is -0.463. The Morgan fingerprint density at radius 3 is 2.00 bits per heavy atom. The lowest BCUT2D eigenvalue weighted by Crippen LogP contribution is -2.28. The van der Waals surface area contributed by atoms with Gasteiger partial charge in [-0.2, -0.15) is 0 Å². The summed E-state index contributed by atoms with van der Waals surface area (Å²) in [4.78, 5) is 1.78. The van der Waals surface area contributed by atoms with Gasteiger partial charge in [-0.25, -0.2) is 0 Å². The molecule has 25 heavy (non-hydrogen) atoms. The third kappa shape index (κ3) is 5.86. The van der Waals surface area contributed by atoms with Crippen LogP contribution in [0.5, 0.6) is 0 Å². The van der Waals surface area contributed by atoms with Gasteiger partial charge >= 0.3 is 0 Å². The van der Waals surface area contributed by atoms with Crippen LogP contribution in [0.25, 0.3) is 5.76 Å². The molecule has 0 spiro atoms. The number of allylic oxidation sites excluding steroid dienone is 4. The largest absolute Gasteiger partial charge is 0.481 e. The smallest absolute Gasteiger partial charge is 0.139 e. The topological polar surface area (TPSA) is 9.23 Å². The number of ether oxygens (including phenoxy) is 1. The van der Waals surface area contributed by atoms with Crippen molar-refractivity contribution in [3.05, 3.63) is 59.2 Å². The standard InChI is InChI=1S/C18H20OS2.2C2H6/c1-5-7-12(6-2)15-16(19-18(3,4)17(15)21)13-8-10-14(20)11-9-13;2*1-2/h5-11,20H,1-4H3;2*1-2H3/b7-5-,12-6+;;. The van der Waals surface area contributed by atoms with Crippen molar-refractivity contribution < 1.29 is 4.74 Å². The second-order valence-corrected chi connectivity index (χ2v) is 6.36. The van der Waals surface area contributed by atoms with Crippen molar-refractivity contribution in [3.8, 4) is 0 Å². The summed E-state index contributed by atoms with van der Waals surface area (Å²) in [5.74, 6) is 0.851. The van der Waals surface area contributed by atoms with Gasteiger partial charge in [-0.3, -0.25) is 0 Å². The van der Waals surface area contributed by atoms with E-state index in [1.807, 2.05) is 85.7 Å². The normalized spacial score (nSPS) is 16.0. The molecule has 0 bridgehead atoms. The van der Waals surface area contributed by atoms with Gasteiger partial charge in [-0.1, -0.05) is 70.3 Å². The average molecular weight is 377 g/mol. The molecule has 0 radical (unpaired) electrons. The molecule has 1 aliphatic heterocycles. The molecular formula is C22H32OS2. The molecule has 0 unspecified atom stereocenters.